The first-order valence-corrected chi connectivity index (χ1v) is 8.26. The van der Waals surface area contributed by atoms with Crippen molar-refractivity contribution in [3.63, 3.8) is 0 Å². The van der Waals surface area contributed by atoms with Crippen molar-refractivity contribution in [3.05, 3.63) is 51.7 Å². The van der Waals surface area contributed by atoms with Crippen LogP contribution in [0.2, 0.25) is 0 Å². The molecule has 20 heavy (non-hydrogen) atoms. The fourth-order valence-corrected chi connectivity index (χ4v) is 3.50. The smallest absolute Gasteiger partial charge is 0.122 e. The Hall–Kier alpha value is -1.32. The quantitative estimate of drug-likeness (QED) is 0.884. The first kappa shape index (κ1) is 13.7. The molecule has 0 amide bonds. The number of hydrogen-bond donors (Lipinski definition) is 1. The maximum Gasteiger partial charge on any atom is 0.122 e. The molecule has 0 spiro atoms. The molecule has 0 bridgehead atoms. The molecule has 1 atom stereocenters. The zero-order chi connectivity index (χ0) is 13.8. The SMILES string of the molecule is CCNC1CCCc2cc(OCc3cccs3)ccc21. The Kier molecular flexibility index (Phi) is 4.38. The maximum absolute atomic E-state index is 5.90. The highest BCUT2D eigenvalue weighted by Gasteiger charge is 2.19. The fraction of sp³-hybridized carbons (Fsp3) is 0.412. The molecule has 1 aliphatic carbocycles. The number of fused-ring (bicyclic) bond motifs is 1. The fourth-order valence-electron chi connectivity index (χ4n) is 2.89. The summed E-state index contributed by atoms with van der Waals surface area (Å²) >= 11 is 1.74. The Balaban J connectivity index is 1.72. The number of ether oxygens (including phenoxy) is 1. The van der Waals surface area contributed by atoms with Gasteiger partial charge in [-0.3, -0.25) is 0 Å². The molecule has 1 heterocycles. The van der Waals surface area contributed by atoms with Crippen LogP contribution in [0.1, 0.15) is 41.8 Å². The Labute approximate surface area is 124 Å². The van der Waals surface area contributed by atoms with Gasteiger partial charge in [-0.2, -0.15) is 0 Å². The lowest BCUT2D eigenvalue weighted by Gasteiger charge is -2.26. The van der Waals surface area contributed by atoms with E-state index in [0.717, 1.165) is 12.3 Å². The lowest BCUT2D eigenvalue weighted by molar-refractivity contribution is 0.309. The average molecular weight is 287 g/mol. The molecular formula is C17H21NOS. The molecule has 1 aliphatic rings. The zero-order valence-corrected chi connectivity index (χ0v) is 12.7. The van der Waals surface area contributed by atoms with Crippen molar-refractivity contribution in [2.45, 2.75) is 38.8 Å². The van der Waals surface area contributed by atoms with Gasteiger partial charge in [0.1, 0.15) is 12.4 Å². The van der Waals surface area contributed by atoms with Gasteiger partial charge in [-0.1, -0.05) is 19.1 Å². The highest BCUT2D eigenvalue weighted by atomic mass is 32.1. The van der Waals surface area contributed by atoms with E-state index in [1.807, 2.05) is 0 Å². The van der Waals surface area contributed by atoms with E-state index in [1.165, 1.54) is 35.3 Å². The van der Waals surface area contributed by atoms with Gasteiger partial charge in [0.25, 0.3) is 0 Å². The molecule has 2 aromatic rings. The van der Waals surface area contributed by atoms with E-state index < -0.39 is 0 Å². The minimum Gasteiger partial charge on any atom is -0.488 e. The lowest BCUT2D eigenvalue weighted by Crippen LogP contribution is -2.24. The van der Waals surface area contributed by atoms with E-state index in [0.29, 0.717) is 12.6 Å². The summed E-state index contributed by atoms with van der Waals surface area (Å²) < 4.78 is 5.90. The summed E-state index contributed by atoms with van der Waals surface area (Å²) in [6.45, 7) is 3.88. The van der Waals surface area contributed by atoms with Crippen molar-refractivity contribution in [3.8, 4) is 5.75 Å². The lowest BCUT2D eigenvalue weighted by atomic mass is 9.87. The van der Waals surface area contributed by atoms with Crippen LogP contribution in [-0.4, -0.2) is 6.54 Å². The summed E-state index contributed by atoms with van der Waals surface area (Å²) in [5, 5.41) is 5.67. The summed E-state index contributed by atoms with van der Waals surface area (Å²) in [7, 11) is 0. The predicted octanol–water partition coefficient (Wildman–Crippen LogP) is 4.31. The number of aryl methyl sites for hydroxylation is 1. The summed E-state index contributed by atoms with van der Waals surface area (Å²) in [5.74, 6) is 0.995. The van der Waals surface area contributed by atoms with Crippen LogP contribution in [0.15, 0.2) is 35.7 Å². The number of thiophene rings is 1. The summed E-state index contributed by atoms with van der Waals surface area (Å²) in [6, 6.07) is 11.3. The van der Waals surface area contributed by atoms with E-state index in [-0.39, 0.29) is 0 Å². The Morgan fingerprint density at radius 2 is 2.30 bits per heavy atom. The average Bonchev–Trinajstić information content (AvgIpc) is 2.99. The third kappa shape index (κ3) is 3.05. The molecule has 0 saturated heterocycles. The second kappa shape index (κ2) is 6.42. The van der Waals surface area contributed by atoms with Gasteiger partial charge in [-0.05, 0) is 60.5 Å². The van der Waals surface area contributed by atoms with Crippen LogP contribution < -0.4 is 10.1 Å². The van der Waals surface area contributed by atoms with Gasteiger partial charge in [0, 0.05) is 10.9 Å². The van der Waals surface area contributed by atoms with Crippen LogP contribution in [0.4, 0.5) is 0 Å². The largest absolute Gasteiger partial charge is 0.488 e. The van der Waals surface area contributed by atoms with Crippen molar-refractivity contribution >= 4 is 11.3 Å². The first-order valence-electron chi connectivity index (χ1n) is 7.38. The highest BCUT2D eigenvalue weighted by Crippen LogP contribution is 2.32. The summed E-state index contributed by atoms with van der Waals surface area (Å²) in [5.41, 5.74) is 2.91. The molecular weight excluding hydrogens is 266 g/mol. The van der Waals surface area contributed by atoms with E-state index in [2.05, 4.69) is 48.0 Å². The van der Waals surface area contributed by atoms with Crippen LogP contribution in [0, 0.1) is 0 Å². The van der Waals surface area contributed by atoms with Crippen LogP contribution >= 0.6 is 11.3 Å². The Bertz CT molecular complexity index is 550. The third-order valence-electron chi connectivity index (χ3n) is 3.84. The van der Waals surface area contributed by atoms with Gasteiger partial charge in [0.2, 0.25) is 0 Å². The molecule has 3 heteroatoms. The minimum absolute atomic E-state index is 0.523. The molecule has 1 N–H and O–H groups in total. The van der Waals surface area contributed by atoms with E-state index >= 15 is 0 Å². The first-order chi connectivity index (χ1) is 9.86. The molecule has 0 aliphatic heterocycles. The molecule has 3 rings (SSSR count). The molecule has 1 aromatic heterocycles. The summed E-state index contributed by atoms with van der Waals surface area (Å²) in [4.78, 5) is 1.27. The van der Waals surface area contributed by atoms with Gasteiger partial charge in [0.15, 0.2) is 0 Å². The molecule has 0 radical (unpaired) electrons. The van der Waals surface area contributed by atoms with E-state index in [9.17, 15) is 0 Å². The monoisotopic (exact) mass is 287 g/mol. The molecule has 2 nitrogen and oxygen atoms in total. The molecule has 0 fully saturated rings. The second-order valence-corrected chi connectivity index (χ2v) is 6.26. The van der Waals surface area contributed by atoms with Crippen molar-refractivity contribution in [2.75, 3.05) is 6.54 Å². The van der Waals surface area contributed by atoms with Crippen LogP contribution in [-0.2, 0) is 13.0 Å². The Morgan fingerprint density at radius 3 is 3.10 bits per heavy atom. The molecule has 1 unspecified atom stereocenters. The van der Waals surface area contributed by atoms with Crippen molar-refractivity contribution in [1.29, 1.82) is 0 Å². The van der Waals surface area contributed by atoms with Crippen molar-refractivity contribution in [1.82, 2.24) is 5.32 Å². The topological polar surface area (TPSA) is 21.3 Å². The molecule has 106 valence electrons. The molecule has 1 aromatic carbocycles. The third-order valence-corrected chi connectivity index (χ3v) is 4.69. The zero-order valence-electron chi connectivity index (χ0n) is 11.9. The van der Waals surface area contributed by atoms with E-state index in [4.69, 9.17) is 4.74 Å². The van der Waals surface area contributed by atoms with Crippen LogP contribution in [0.25, 0.3) is 0 Å². The maximum atomic E-state index is 5.90. The molecule has 0 saturated carbocycles. The predicted molar refractivity (Wildman–Crippen MR) is 84.4 cm³/mol. The van der Waals surface area contributed by atoms with Gasteiger partial charge in [-0.15, -0.1) is 11.3 Å². The van der Waals surface area contributed by atoms with Gasteiger partial charge >= 0.3 is 0 Å². The number of rotatable bonds is 5. The van der Waals surface area contributed by atoms with Gasteiger partial charge in [0.05, 0.1) is 0 Å². The van der Waals surface area contributed by atoms with Crippen molar-refractivity contribution < 1.29 is 4.74 Å². The number of benzene rings is 1. The van der Waals surface area contributed by atoms with E-state index in [1.54, 1.807) is 11.3 Å². The van der Waals surface area contributed by atoms with Crippen LogP contribution in [0.5, 0.6) is 5.75 Å². The number of hydrogen-bond acceptors (Lipinski definition) is 3. The van der Waals surface area contributed by atoms with Crippen LogP contribution in [0.3, 0.4) is 0 Å². The Morgan fingerprint density at radius 1 is 1.35 bits per heavy atom. The summed E-state index contributed by atoms with van der Waals surface area (Å²) in [6.07, 6.45) is 3.68. The second-order valence-electron chi connectivity index (χ2n) is 5.23. The van der Waals surface area contributed by atoms with Gasteiger partial charge < -0.3 is 10.1 Å². The highest BCUT2D eigenvalue weighted by molar-refractivity contribution is 7.09. The standard InChI is InChI=1S/C17H21NOS/c1-2-18-17-7-3-5-13-11-14(8-9-16(13)17)19-12-15-6-4-10-20-15/h4,6,8-11,17-18H,2-3,5,7,12H2,1H3. The normalized spacial score (nSPS) is 17.8. The minimum atomic E-state index is 0.523. The van der Waals surface area contributed by atoms with Gasteiger partial charge in [-0.25, -0.2) is 0 Å². The van der Waals surface area contributed by atoms with Crippen molar-refractivity contribution in [2.24, 2.45) is 0 Å². The number of nitrogens with one attached hydrogen (secondary N) is 1.